The number of halogens is 1. The van der Waals surface area contributed by atoms with Crippen molar-refractivity contribution in [3.8, 4) is 5.75 Å². The molecule has 3 aromatic rings. The highest BCUT2D eigenvalue weighted by Gasteiger charge is 2.27. The normalized spacial score (nSPS) is 16.6. The molecule has 0 N–H and O–H groups in total. The van der Waals surface area contributed by atoms with Gasteiger partial charge in [-0.1, -0.05) is 17.7 Å². The summed E-state index contributed by atoms with van der Waals surface area (Å²) >= 11 is 6.54. The van der Waals surface area contributed by atoms with Gasteiger partial charge in [-0.05, 0) is 48.9 Å². The van der Waals surface area contributed by atoms with Crippen molar-refractivity contribution in [2.45, 2.75) is 38.8 Å². The lowest BCUT2D eigenvalue weighted by atomic mass is 9.90. The first-order valence-electron chi connectivity index (χ1n) is 9.24. The third-order valence-electron chi connectivity index (χ3n) is 5.42. The SMILES string of the molecule is O=c1oc2c3c(c(Cl)cc2c2c1CCCC2)OCN(Cc1cccnc1)C3. The minimum absolute atomic E-state index is 0.217. The summed E-state index contributed by atoms with van der Waals surface area (Å²) in [6, 6.07) is 5.86. The van der Waals surface area contributed by atoms with E-state index >= 15 is 0 Å². The van der Waals surface area contributed by atoms with Crippen molar-refractivity contribution in [3.63, 3.8) is 0 Å². The average molecular weight is 383 g/mol. The van der Waals surface area contributed by atoms with Crippen molar-refractivity contribution in [3.05, 3.63) is 68.3 Å². The number of fused-ring (bicyclic) bond motifs is 5. The highest BCUT2D eigenvalue weighted by atomic mass is 35.5. The van der Waals surface area contributed by atoms with E-state index in [1.165, 1.54) is 0 Å². The van der Waals surface area contributed by atoms with Crippen molar-refractivity contribution in [2.24, 2.45) is 0 Å². The predicted octanol–water partition coefficient (Wildman–Crippen LogP) is 4.07. The molecule has 0 radical (unpaired) electrons. The molecule has 3 heterocycles. The molecule has 2 aliphatic rings. The lowest BCUT2D eigenvalue weighted by Gasteiger charge is -2.30. The third-order valence-corrected chi connectivity index (χ3v) is 5.70. The van der Waals surface area contributed by atoms with Crippen molar-refractivity contribution < 1.29 is 9.15 Å². The summed E-state index contributed by atoms with van der Waals surface area (Å²) < 4.78 is 11.7. The van der Waals surface area contributed by atoms with Gasteiger partial charge in [-0.15, -0.1) is 0 Å². The summed E-state index contributed by atoms with van der Waals surface area (Å²) in [5, 5.41) is 1.54. The Hall–Kier alpha value is -2.37. The Labute approximate surface area is 161 Å². The summed E-state index contributed by atoms with van der Waals surface area (Å²) in [5.41, 5.74) is 4.28. The quantitative estimate of drug-likeness (QED) is 0.625. The van der Waals surface area contributed by atoms with E-state index < -0.39 is 0 Å². The van der Waals surface area contributed by atoms with Gasteiger partial charge in [0.05, 0.1) is 10.6 Å². The van der Waals surface area contributed by atoms with Crippen LogP contribution in [-0.2, 0) is 25.9 Å². The van der Waals surface area contributed by atoms with Crippen molar-refractivity contribution >= 4 is 22.6 Å². The molecule has 0 amide bonds. The molecular weight excluding hydrogens is 364 g/mol. The Balaban J connectivity index is 1.61. The van der Waals surface area contributed by atoms with Crippen LogP contribution in [-0.4, -0.2) is 16.6 Å². The predicted molar refractivity (Wildman–Crippen MR) is 103 cm³/mol. The van der Waals surface area contributed by atoms with E-state index in [1.807, 2.05) is 24.4 Å². The molecule has 5 nitrogen and oxygen atoms in total. The van der Waals surface area contributed by atoms with Crippen LogP contribution in [0, 0.1) is 0 Å². The van der Waals surface area contributed by atoms with Gasteiger partial charge in [-0.3, -0.25) is 9.88 Å². The molecule has 2 aromatic heterocycles. The molecule has 1 aromatic carbocycles. The first-order chi connectivity index (χ1) is 13.2. The largest absolute Gasteiger partial charge is 0.476 e. The minimum Gasteiger partial charge on any atom is -0.476 e. The van der Waals surface area contributed by atoms with E-state index in [0.717, 1.165) is 53.3 Å². The first-order valence-corrected chi connectivity index (χ1v) is 9.62. The maximum Gasteiger partial charge on any atom is 0.339 e. The average Bonchev–Trinajstić information content (AvgIpc) is 2.70. The van der Waals surface area contributed by atoms with E-state index in [0.29, 0.717) is 36.2 Å². The number of hydrogen-bond acceptors (Lipinski definition) is 5. The molecule has 0 atom stereocenters. The van der Waals surface area contributed by atoms with Gasteiger partial charge < -0.3 is 9.15 Å². The van der Waals surface area contributed by atoms with E-state index in [-0.39, 0.29) is 5.63 Å². The molecule has 0 spiro atoms. The van der Waals surface area contributed by atoms with Crippen LogP contribution in [0.2, 0.25) is 5.02 Å². The number of aromatic nitrogens is 1. The molecule has 0 saturated carbocycles. The number of pyridine rings is 1. The monoisotopic (exact) mass is 382 g/mol. The molecule has 27 heavy (non-hydrogen) atoms. The maximum atomic E-state index is 12.6. The molecule has 0 unspecified atom stereocenters. The van der Waals surface area contributed by atoms with Gasteiger partial charge in [-0.2, -0.15) is 0 Å². The van der Waals surface area contributed by atoms with Gasteiger partial charge in [0.2, 0.25) is 0 Å². The summed E-state index contributed by atoms with van der Waals surface area (Å²) in [6.07, 6.45) is 7.41. The number of hydrogen-bond donors (Lipinski definition) is 0. The van der Waals surface area contributed by atoms with Crippen LogP contribution in [0.1, 0.15) is 35.1 Å². The van der Waals surface area contributed by atoms with Crippen LogP contribution in [0.4, 0.5) is 0 Å². The lowest BCUT2D eigenvalue weighted by molar-refractivity contribution is 0.0889. The van der Waals surface area contributed by atoms with Gasteiger partial charge in [-0.25, -0.2) is 4.79 Å². The molecule has 1 aliphatic heterocycles. The zero-order chi connectivity index (χ0) is 18.4. The van der Waals surface area contributed by atoms with Gasteiger partial charge in [0, 0.05) is 36.4 Å². The van der Waals surface area contributed by atoms with E-state index in [1.54, 1.807) is 6.20 Å². The molecular formula is C21H19ClN2O3. The second-order valence-corrected chi connectivity index (χ2v) is 7.63. The van der Waals surface area contributed by atoms with Gasteiger partial charge in [0.25, 0.3) is 0 Å². The van der Waals surface area contributed by atoms with Crippen molar-refractivity contribution in [1.29, 1.82) is 0 Å². The van der Waals surface area contributed by atoms with Crippen LogP contribution < -0.4 is 10.4 Å². The van der Waals surface area contributed by atoms with Crippen molar-refractivity contribution in [1.82, 2.24) is 9.88 Å². The van der Waals surface area contributed by atoms with Gasteiger partial charge in [0.1, 0.15) is 18.1 Å². The Morgan fingerprint density at radius 3 is 2.85 bits per heavy atom. The molecule has 0 bridgehead atoms. The Morgan fingerprint density at radius 2 is 2.04 bits per heavy atom. The molecule has 1 aliphatic carbocycles. The highest BCUT2D eigenvalue weighted by molar-refractivity contribution is 6.33. The molecule has 138 valence electrons. The highest BCUT2D eigenvalue weighted by Crippen LogP contribution is 2.41. The fourth-order valence-corrected chi connectivity index (χ4v) is 4.44. The van der Waals surface area contributed by atoms with Crippen LogP contribution in [0.5, 0.6) is 5.75 Å². The Morgan fingerprint density at radius 1 is 1.19 bits per heavy atom. The summed E-state index contributed by atoms with van der Waals surface area (Å²) in [5.74, 6) is 0.630. The first kappa shape index (κ1) is 16.8. The molecule has 6 heteroatoms. The molecule has 0 fully saturated rings. The minimum atomic E-state index is -0.217. The van der Waals surface area contributed by atoms with E-state index in [4.69, 9.17) is 20.8 Å². The van der Waals surface area contributed by atoms with Crippen LogP contribution in [0.25, 0.3) is 11.0 Å². The summed E-state index contributed by atoms with van der Waals surface area (Å²) in [7, 11) is 0. The Bertz CT molecular complexity index is 1080. The second-order valence-electron chi connectivity index (χ2n) is 7.22. The zero-order valence-electron chi connectivity index (χ0n) is 14.8. The molecule has 0 saturated heterocycles. The standard InChI is InChI=1S/C21H19ClN2O3/c22-18-8-16-14-5-1-2-6-15(14)21(25)27-19(16)17-11-24(12-26-20(17)18)10-13-4-3-7-23-9-13/h3-4,7-9H,1-2,5-6,10-12H2. The van der Waals surface area contributed by atoms with Crippen LogP contribution in [0.3, 0.4) is 0 Å². The summed E-state index contributed by atoms with van der Waals surface area (Å²) in [4.78, 5) is 18.9. The number of benzene rings is 1. The van der Waals surface area contributed by atoms with Gasteiger partial charge in [0.15, 0.2) is 0 Å². The van der Waals surface area contributed by atoms with Crippen molar-refractivity contribution in [2.75, 3.05) is 6.73 Å². The smallest absolute Gasteiger partial charge is 0.339 e. The van der Waals surface area contributed by atoms with E-state index in [2.05, 4.69) is 9.88 Å². The second kappa shape index (κ2) is 6.66. The fraction of sp³-hybridized carbons (Fsp3) is 0.333. The zero-order valence-corrected chi connectivity index (χ0v) is 15.6. The summed E-state index contributed by atoms with van der Waals surface area (Å²) in [6.45, 7) is 1.75. The Kier molecular flexibility index (Phi) is 4.14. The number of aryl methyl sites for hydroxylation is 1. The van der Waals surface area contributed by atoms with Crippen LogP contribution in [0.15, 0.2) is 39.8 Å². The lowest BCUT2D eigenvalue weighted by Crippen LogP contribution is -2.32. The maximum absolute atomic E-state index is 12.6. The van der Waals surface area contributed by atoms with Crippen LogP contribution >= 0.6 is 11.6 Å². The molecule has 5 rings (SSSR count). The number of rotatable bonds is 2. The van der Waals surface area contributed by atoms with E-state index in [9.17, 15) is 4.79 Å². The third kappa shape index (κ3) is 2.91. The number of ether oxygens (including phenoxy) is 1. The topological polar surface area (TPSA) is 55.6 Å². The number of nitrogens with zero attached hydrogens (tertiary/aromatic N) is 2. The fourth-order valence-electron chi connectivity index (χ4n) is 4.17. The van der Waals surface area contributed by atoms with Gasteiger partial charge >= 0.3 is 5.63 Å².